The molecule has 31 heavy (non-hydrogen) atoms. The minimum atomic E-state index is -3.58. The van der Waals surface area contributed by atoms with Crippen molar-refractivity contribution in [1.29, 1.82) is 0 Å². The maximum Gasteiger partial charge on any atom is 0.243 e. The fraction of sp³-hybridized carbons (Fsp3) is 0.476. The van der Waals surface area contributed by atoms with E-state index >= 15 is 0 Å². The molecule has 0 saturated carbocycles. The van der Waals surface area contributed by atoms with Crippen molar-refractivity contribution in [2.24, 2.45) is 0 Å². The summed E-state index contributed by atoms with van der Waals surface area (Å²) < 4.78 is 29.3. The Hall–Kier alpha value is -2.17. The highest BCUT2D eigenvalue weighted by atomic mass is 32.2. The van der Waals surface area contributed by atoms with Crippen LogP contribution in [0.1, 0.15) is 40.2 Å². The Morgan fingerprint density at radius 1 is 1.29 bits per heavy atom. The molecule has 1 aromatic heterocycles. The molecule has 1 amide bonds. The third-order valence-corrected chi connectivity index (χ3v) is 7.90. The van der Waals surface area contributed by atoms with E-state index in [2.05, 4.69) is 29.0 Å². The standard InChI is InChI=1S/C21H31N5O3S2/c1-6-13-22-19(27)15-30-21-24-23-20(26(21)16(5)7-2)17-11-10-12-18(14-17)31(28,29)25(8-3)9-4/h6,10-12,14,16H,1,7-9,13,15H2,2-5H3,(H,22,27). The van der Waals surface area contributed by atoms with Gasteiger partial charge in [-0.15, -0.1) is 16.8 Å². The second kappa shape index (κ2) is 11.4. The highest BCUT2D eigenvalue weighted by Crippen LogP contribution is 2.30. The molecule has 0 bridgehead atoms. The van der Waals surface area contributed by atoms with Gasteiger partial charge in [0.15, 0.2) is 11.0 Å². The first-order valence-electron chi connectivity index (χ1n) is 10.4. The van der Waals surface area contributed by atoms with E-state index in [0.29, 0.717) is 36.2 Å². The normalized spacial score (nSPS) is 12.7. The zero-order valence-corrected chi connectivity index (χ0v) is 20.2. The average Bonchev–Trinajstić information content (AvgIpc) is 3.20. The molecule has 0 aliphatic carbocycles. The molecule has 0 aliphatic heterocycles. The number of hydrogen-bond donors (Lipinski definition) is 1. The van der Waals surface area contributed by atoms with Crippen LogP contribution in [-0.4, -0.2) is 58.8 Å². The van der Waals surface area contributed by atoms with Crippen LogP contribution < -0.4 is 5.32 Å². The summed E-state index contributed by atoms with van der Waals surface area (Å²) in [4.78, 5) is 12.2. The molecule has 10 heteroatoms. The van der Waals surface area contributed by atoms with Crippen LogP contribution in [0.5, 0.6) is 0 Å². The van der Waals surface area contributed by atoms with E-state index < -0.39 is 10.0 Å². The molecule has 0 fully saturated rings. The van der Waals surface area contributed by atoms with Crippen LogP contribution in [0, 0.1) is 0 Å². The average molecular weight is 466 g/mol. The molecule has 0 aliphatic rings. The number of aromatic nitrogens is 3. The first-order valence-corrected chi connectivity index (χ1v) is 12.8. The minimum absolute atomic E-state index is 0.0757. The Morgan fingerprint density at radius 3 is 2.61 bits per heavy atom. The van der Waals surface area contributed by atoms with Gasteiger partial charge < -0.3 is 5.32 Å². The molecule has 0 radical (unpaired) electrons. The minimum Gasteiger partial charge on any atom is -0.352 e. The van der Waals surface area contributed by atoms with Crippen LogP contribution >= 0.6 is 11.8 Å². The number of benzene rings is 1. The van der Waals surface area contributed by atoms with E-state index in [4.69, 9.17) is 0 Å². The van der Waals surface area contributed by atoms with Crippen molar-refractivity contribution in [2.75, 3.05) is 25.4 Å². The first-order chi connectivity index (χ1) is 14.8. The van der Waals surface area contributed by atoms with Gasteiger partial charge in [0.1, 0.15) is 0 Å². The molecule has 1 N–H and O–H groups in total. The second-order valence-corrected chi connectivity index (χ2v) is 9.81. The van der Waals surface area contributed by atoms with Crippen LogP contribution in [0.25, 0.3) is 11.4 Å². The summed E-state index contributed by atoms with van der Waals surface area (Å²) in [5.41, 5.74) is 0.670. The molecule has 170 valence electrons. The van der Waals surface area contributed by atoms with Crippen molar-refractivity contribution in [3.63, 3.8) is 0 Å². The molecule has 0 saturated heterocycles. The van der Waals surface area contributed by atoms with E-state index in [1.165, 1.54) is 16.1 Å². The number of rotatable bonds is 12. The van der Waals surface area contributed by atoms with Gasteiger partial charge in [0.25, 0.3) is 0 Å². The van der Waals surface area contributed by atoms with Crippen LogP contribution in [-0.2, 0) is 14.8 Å². The molecule has 2 aromatic rings. The maximum atomic E-state index is 12.9. The van der Waals surface area contributed by atoms with E-state index in [1.54, 1.807) is 24.3 Å². The van der Waals surface area contributed by atoms with E-state index in [0.717, 1.165) is 6.42 Å². The predicted octanol–water partition coefficient (Wildman–Crippen LogP) is 3.34. The van der Waals surface area contributed by atoms with Crippen molar-refractivity contribution in [3.05, 3.63) is 36.9 Å². The first kappa shape index (κ1) is 25.1. The van der Waals surface area contributed by atoms with E-state index in [1.807, 2.05) is 31.4 Å². The van der Waals surface area contributed by atoms with Crippen molar-refractivity contribution in [2.45, 2.75) is 50.2 Å². The zero-order chi connectivity index (χ0) is 23.0. The van der Waals surface area contributed by atoms with Crippen LogP contribution in [0.3, 0.4) is 0 Å². The zero-order valence-electron chi connectivity index (χ0n) is 18.5. The number of nitrogens with one attached hydrogen (secondary N) is 1. The van der Waals surface area contributed by atoms with Gasteiger partial charge in [0.2, 0.25) is 15.9 Å². The topological polar surface area (TPSA) is 97.2 Å². The molecule has 1 heterocycles. The Bertz CT molecular complexity index is 1000. The summed E-state index contributed by atoms with van der Waals surface area (Å²) >= 11 is 1.30. The maximum absolute atomic E-state index is 12.9. The summed E-state index contributed by atoms with van der Waals surface area (Å²) in [6.45, 7) is 12.5. The number of nitrogens with zero attached hydrogens (tertiary/aromatic N) is 4. The molecular weight excluding hydrogens is 434 g/mol. The van der Waals surface area contributed by atoms with Crippen molar-refractivity contribution >= 4 is 27.7 Å². The third-order valence-electron chi connectivity index (χ3n) is 4.91. The van der Waals surface area contributed by atoms with Gasteiger partial charge in [-0.3, -0.25) is 9.36 Å². The number of amides is 1. The van der Waals surface area contributed by atoms with Gasteiger partial charge in [0.05, 0.1) is 10.6 Å². The van der Waals surface area contributed by atoms with Gasteiger partial charge in [-0.05, 0) is 25.5 Å². The fourth-order valence-corrected chi connectivity index (χ4v) is 5.40. The number of sulfonamides is 1. The molecular formula is C21H31N5O3S2. The van der Waals surface area contributed by atoms with Gasteiger partial charge in [0, 0.05) is 31.2 Å². The lowest BCUT2D eigenvalue weighted by Gasteiger charge is -2.19. The monoisotopic (exact) mass is 465 g/mol. The molecule has 0 spiro atoms. The van der Waals surface area contributed by atoms with E-state index in [-0.39, 0.29) is 22.6 Å². The fourth-order valence-electron chi connectivity index (χ4n) is 3.03. The predicted molar refractivity (Wildman–Crippen MR) is 124 cm³/mol. The van der Waals surface area contributed by atoms with Crippen molar-refractivity contribution < 1.29 is 13.2 Å². The largest absolute Gasteiger partial charge is 0.352 e. The van der Waals surface area contributed by atoms with Gasteiger partial charge >= 0.3 is 0 Å². The number of hydrogen-bond acceptors (Lipinski definition) is 6. The summed E-state index contributed by atoms with van der Waals surface area (Å²) in [5, 5.41) is 12.0. The molecule has 1 atom stereocenters. The van der Waals surface area contributed by atoms with Gasteiger partial charge in [-0.1, -0.05) is 50.7 Å². The smallest absolute Gasteiger partial charge is 0.243 e. The van der Waals surface area contributed by atoms with E-state index in [9.17, 15) is 13.2 Å². The Kier molecular flexibility index (Phi) is 9.27. The summed E-state index contributed by atoms with van der Waals surface area (Å²) in [6.07, 6.45) is 2.46. The van der Waals surface area contributed by atoms with Crippen LogP contribution in [0.15, 0.2) is 47.0 Å². The third kappa shape index (κ3) is 5.96. The number of carbonyl (C=O) groups excluding carboxylic acids is 1. The van der Waals surface area contributed by atoms with Crippen LogP contribution in [0.4, 0.5) is 0 Å². The summed E-state index contributed by atoms with van der Waals surface area (Å²) in [7, 11) is -3.58. The number of thioether (sulfide) groups is 1. The lowest BCUT2D eigenvalue weighted by Crippen LogP contribution is -2.30. The van der Waals surface area contributed by atoms with Crippen LogP contribution in [0.2, 0.25) is 0 Å². The summed E-state index contributed by atoms with van der Waals surface area (Å²) in [5.74, 6) is 0.677. The Balaban J connectivity index is 2.41. The lowest BCUT2D eigenvalue weighted by molar-refractivity contribution is -0.118. The molecule has 2 rings (SSSR count). The summed E-state index contributed by atoms with van der Waals surface area (Å²) in [6, 6.07) is 6.86. The molecule has 8 nitrogen and oxygen atoms in total. The van der Waals surface area contributed by atoms with Crippen molar-refractivity contribution in [3.8, 4) is 11.4 Å². The number of carbonyl (C=O) groups is 1. The Morgan fingerprint density at radius 2 is 2.00 bits per heavy atom. The lowest BCUT2D eigenvalue weighted by atomic mass is 10.2. The van der Waals surface area contributed by atoms with Gasteiger partial charge in [-0.25, -0.2) is 8.42 Å². The second-order valence-electron chi connectivity index (χ2n) is 6.93. The van der Waals surface area contributed by atoms with Gasteiger partial charge in [-0.2, -0.15) is 4.31 Å². The quantitative estimate of drug-likeness (QED) is 0.381. The molecule has 1 aromatic carbocycles. The Labute approximate surface area is 189 Å². The SMILES string of the molecule is C=CCNC(=O)CSc1nnc(-c2cccc(S(=O)(=O)N(CC)CC)c2)n1C(C)CC. The molecule has 1 unspecified atom stereocenters. The highest BCUT2D eigenvalue weighted by molar-refractivity contribution is 7.99. The highest BCUT2D eigenvalue weighted by Gasteiger charge is 2.24. The van der Waals surface area contributed by atoms with Crippen molar-refractivity contribution in [1.82, 2.24) is 24.4 Å².